The predicted molar refractivity (Wildman–Crippen MR) is 114 cm³/mol. The zero-order chi connectivity index (χ0) is 22.1. The average Bonchev–Trinajstić information content (AvgIpc) is 3.41. The third-order valence-corrected chi connectivity index (χ3v) is 4.93. The van der Waals surface area contributed by atoms with Crippen molar-refractivity contribution in [3.63, 3.8) is 0 Å². The summed E-state index contributed by atoms with van der Waals surface area (Å²) in [5.41, 5.74) is 4.37. The first-order chi connectivity index (χ1) is 14.9. The molecule has 9 nitrogen and oxygen atoms in total. The van der Waals surface area contributed by atoms with Crippen molar-refractivity contribution in [3.8, 4) is 28.4 Å². The smallest absolute Gasteiger partial charge is 0.346 e. The van der Waals surface area contributed by atoms with Gasteiger partial charge in [-0.3, -0.25) is 4.68 Å². The van der Waals surface area contributed by atoms with E-state index < -0.39 is 12.1 Å². The molecule has 0 radical (unpaired) electrons. The molecule has 0 saturated carbocycles. The van der Waals surface area contributed by atoms with Crippen LogP contribution in [0.2, 0.25) is 0 Å². The summed E-state index contributed by atoms with van der Waals surface area (Å²) in [6, 6.07) is 9.41. The summed E-state index contributed by atoms with van der Waals surface area (Å²) in [6.45, 7) is 3.51. The maximum Gasteiger partial charge on any atom is 0.346 e. The molecule has 1 atom stereocenters. The van der Waals surface area contributed by atoms with Crippen LogP contribution in [0.25, 0.3) is 28.0 Å². The molecule has 4 aromatic rings. The number of rotatable bonds is 6. The molecule has 9 heteroatoms. The Morgan fingerprint density at radius 3 is 2.65 bits per heavy atom. The van der Waals surface area contributed by atoms with E-state index in [0.29, 0.717) is 28.2 Å². The van der Waals surface area contributed by atoms with Gasteiger partial charge in [0.1, 0.15) is 28.2 Å². The third-order valence-electron chi connectivity index (χ3n) is 4.93. The van der Waals surface area contributed by atoms with Crippen LogP contribution in [-0.4, -0.2) is 50.8 Å². The second-order valence-electron chi connectivity index (χ2n) is 7.05. The number of hydrogen-bond acceptors (Lipinski definition) is 7. The van der Waals surface area contributed by atoms with Crippen LogP contribution in [0.4, 0.5) is 0 Å². The number of carbonyl (C=O) groups is 1. The van der Waals surface area contributed by atoms with E-state index in [1.165, 1.54) is 7.11 Å². The van der Waals surface area contributed by atoms with Gasteiger partial charge in [-0.25, -0.2) is 14.5 Å². The van der Waals surface area contributed by atoms with Gasteiger partial charge in [-0.2, -0.15) is 10.2 Å². The molecule has 160 valence electrons. The lowest BCUT2D eigenvalue weighted by Gasteiger charge is -2.14. The molecule has 0 saturated heterocycles. The first-order valence-corrected chi connectivity index (χ1v) is 9.70. The quantitative estimate of drug-likeness (QED) is 0.442. The highest BCUT2D eigenvalue weighted by atomic mass is 16.6. The van der Waals surface area contributed by atoms with Crippen molar-refractivity contribution in [2.45, 2.75) is 20.0 Å². The lowest BCUT2D eigenvalue weighted by atomic mass is 10.1. The van der Waals surface area contributed by atoms with Crippen LogP contribution in [-0.2, 0) is 16.6 Å². The normalized spacial score (nSPS) is 12.0. The van der Waals surface area contributed by atoms with Crippen LogP contribution in [0.1, 0.15) is 12.6 Å². The maximum atomic E-state index is 11.9. The van der Waals surface area contributed by atoms with Crippen molar-refractivity contribution < 1.29 is 19.0 Å². The van der Waals surface area contributed by atoms with Crippen molar-refractivity contribution in [1.29, 1.82) is 0 Å². The number of hydrogen-bond donors (Lipinski definition) is 0. The second kappa shape index (κ2) is 8.10. The van der Waals surface area contributed by atoms with Gasteiger partial charge in [-0.1, -0.05) is 0 Å². The number of pyridine rings is 1. The first-order valence-electron chi connectivity index (χ1n) is 9.70. The van der Waals surface area contributed by atoms with Crippen molar-refractivity contribution in [3.05, 3.63) is 48.4 Å². The zero-order valence-electron chi connectivity index (χ0n) is 18.0. The van der Waals surface area contributed by atoms with Gasteiger partial charge in [0.2, 0.25) is 0 Å². The molecule has 0 aliphatic carbocycles. The Kier molecular flexibility index (Phi) is 5.33. The van der Waals surface area contributed by atoms with Crippen LogP contribution in [0, 0.1) is 6.92 Å². The number of aryl methyl sites for hydroxylation is 2. The van der Waals surface area contributed by atoms with E-state index >= 15 is 0 Å². The van der Waals surface area contributed by atoms with E-state index in [0.717, 1.165) is 16.9 Å². The lowest BCUT2D eigenvalue weighted by molar-refractivity contribution is -0.147. The average molecular weight is 421 g/mol. The highest BCUT2D eigenvalue weighted by molar-refractivity contribution is 5.95. The van der Waals surface area contributed by atoms with Crippen LogP contribution in [0.5, 0.6) is 11.5 Å². The van der Waals surface area contributed by atoms with Gasteiger partial charge >= 0.3 is 5.97 Å². The maximum absolute atomic E-state index is 11.9. The fourth-order valence-corrected chi connectivity index (χ4v) is 3.48. The fourth-order valence-electron chi connectivity index (χ4n) is 3.48. The van der Waals surface area contributed by atoms with E-state index in [1.807, 2.05) is 44.4 Å². The van der Waals surface area contributed by atoms with Crippen molar-refractivity contribution >= 4 is 17.0 Å². The zero-order valence-corrected chi connectivity index (χ0v) is 18.0. The number of aromatic nitrogens is 5. The van der Waals surface area contributed by atoms with Gasteiger partial charge in [-0.05, 0) is 32.0 Å². The van der Waals surface area contributed by atoms with Crippen molar-refractivity contribution in [1.82, 2.24) is 24.5 Å². The van der Waals surface area contributed by atoms with E-state index in [-0.39, 0.29) is 0 Å². The van der Waals surface area contributed by atoms with Gasteiger partial charge < -0.3 is 14.2 Å². The van der Waals surface area contributed by atoms with E-state index in [1.54, 1.807) is 35.7 Å². The molecule has 0 spiro atoms. The summed E-state index contributed by atoms with van der Waals surface area (Å²) in [5.74, 6) is 0.691. The topological polar surface area (TPSA) is 93.3 Å². The highest BCUT2D eigenvalue weighted by Crippen LogP contribution is 2.37. The number of esters is 1. The first kappa shape index (κ1) is 20.4. The van der Waals surface area contributed by atoms with E-state index in [4.69, 9.17) is 24.3 Å². The number of benzene rings is 1. The molecule has 0 aliphatic rings. The molecule has 1 unspecified atom stereocenters. The lowest BCUT2D eigenvalue weighted by Crippen LogP contribution is -2.25. The highest BCUT2D eigenvalue weighted by Gasteiger charge is 2.23. The summed E-state index contributed by atoms with van der Waals surface area (Å²) >= 11 is 0. The molecule has 0 aliphatic heterocycles. The number of fused-ring (bicyclic) bond motifs is 1. The van der Waals surface area contributed by atoms with E-state index in [9.17, 15) is 4.79 Å². The molecule has 0 N–H and O–H groups in total. The molecule has 0 bridgehead atoms. The number of carbonyl (C=O) groups excluding carboxylic acids is 1. The summed E-state index contributed by atoms with van der Waals surface area (Å²) in [6.07, 6.45) is 2.81. The van der Waals surface area contributed by atoms with Gasteiger partial charge in [0.05, 0.1) is 19.9 Å². The summed E-state index contributed by atoms with van der Waals surface area (Å²) in [7, 11) is 4.75. The number of ether oxygens (including phenoxy) is 3. The van der Waals surface area contributed by atoms with E-state index in [2.05, 4.69) is 5.10 Å². The standard InChI is InChI=1S/C22H23N5O4/c1-13-11-18(31-14(2)22(28)30-5)21-20(24-13)19(25-26(21)3)16-8-7-15(12-17(16)29-4)27-10-6-9-23-27/h6-12,14H,1-5H3. The van der Waals surface area contributed by atoms with Gasteiger partial charge in [-0.15, -0.1) is 0 Å². The van der Waals surface area contributed by atoms with Gasteiger partial charge in [0.25, 0.3) is 0 Å². The minimum atomic E-state index is -0.767. The Hall–Kier alpha value is -3.88. The fraction of sp³-hybridized carbons (Fsp3) is 0.273. The predicted octanol–water partition coefficient (Wildman–Crippen LogP) is 3.08. The molecule has 4 rings (SSSR count). The third kappa shape index (κ3) is 3.70. The second-order valence-corrected chi connectivity index (χ2v) is 7.05. The summed E-state index contributed by atoms with van der Waals surface area (Å²) < 4.78 is 19.8. The number of nitrogens with zero attached hydrogens (tertiary/aromatic N) is 5. The summed E-state index contributed by atoms with van der Waals surface area (Å²) in [5, 5.41) is 8.96. The minimum Gasteiger partial charge on any atom is -0.496 e. The van der Waals surface area contributed by atoms with Crippen LogP contribution in [0.3, 0.4) is 0 Å². The monoisotopic (exact) mass is 421 g/mol. The Morgan fingerprint density at radius 1 is 1.16 bits per heavy atom. The molecule has 1 aromatic carbocycles. The summed E-state index contributed by atoms with van der Waals surface area (Å²) in [4.78, 5) is 16.6. The Labute approximate surface area is 179 Å². The Bertz CT molecular complexity index is 1250. The molecule has 31 heavy (non-hydrogen) atoms. The van der Waals surface area contributed by atoms with Crippen molar-refractivity contribution in [2.75, 3.05) is 14.2 Å². The molecule has 3 aromatic heterocycles. The minimum absolute atomic E-state index is 0.458. The largest absolute Gasteiger partial charge is 0.496 e. The van der Waals surface area contributed by atoms with Gasteiger partial charge in [0, 0.05) is 42.8 Å². The van der Waals surface area contributed by atoms with Crippen molar-refractivity contribution in [2.24, 2.45) is 7.05 Å². The Balaban J connectivity index is 1.85. The molecular formula is C22H23N5O4. The SMILES string of the molecule is COC(=O)C(C)Oc1cc(C)nc2c(-c3ccc(-n4cccn4)cc3OC)nn(C)c12. The number of methoxy groups -OCH3 is 2. The molecule has 0 fully saturated rings. The molecular weight excluding hydrogens is 398 g/mol. The van der Waals surface area contributed by atoms with Crippen LogP contribution in [0.15, 0.2) is 42.7 Å². The Morgan fingerprint density at radius 2 is 1.97 bits per heavy atom. The van der Waals surface area contributed by atoms with Crippen LogP contribution >= 0.6 is 0 Å². The van der Waals surface area contributed by atoms with Crippen LogP contribution < -0.4 is 9.47 Å². The molecule has 3 heterocycles. The molecule has 0 amide bonds. The van der Waals surface area contributed by atoms with Gasteiger partial charge in [0.15, 0.2) is 6.10 Å².